The predicted molar refractivity (Wildman–Crippen MR) is 224 cm³/mol. The third-order valence-corrected chi connectivity index (χ3v) is 13.9. The first-order valence-electron chi connectivity index (χ1n) is 22.4. The number of aliphatic hydroxyl groups is 4. The Kier molecular flexibility index (Phi) is 17.5. The molecule has 4 N–H and O–H groups in total. The largest absolute Gasteiger partial charge is 0.459 e. The standard InChI is InChI=1S/C44H79N3O13/c1-15-31-44(12,53)36(49)26(6)33(48)24(4)22-42(10,52)38(27(7)34(28(8)39(51)57-31)58-32-23-43(11,54-14)37(50)29(9)56-32)60-40-35-30(21-25(5)55-40)46(13)41(59-35)45-19-18-20-47(16-2)17-3/h24-32,34-38,40,49-50,52-53H,15-23H2,1-14H3/t24-,25-,26+,27+,28-,29+,30+,31-,32+,34+,35-,36-,37+,38-,40+,42-,43-,44-/m1/s1. The minimum absolute atomic E-state index is 0.105. The highest BCUT2D eigenvalue weighted by Gasteiger charge is 2.55. The van der Waals surface area contributed by atoms with Gasteiger partial charge in [-0.25, -0.2) is 4.99 Å². The summed E-state index contributed by atoms with van der Waals surface area (Å²) >= 11 is 0. The van der Waals surface area contributed by atoms with E-state index in [-0.39, 0.29) is 37.2 Å². The number of methoxy groups -OCH3 is 1. The minimum Gasteiger partial charge on any atom is -0.459 e. The second-order valence-electron chi connectivity index (χ2n) is 18.8. The number of esters is 1. The monoisotopic (exact) mass is 858 g/mol. The summed E-state index contributed by atoms with van der Waals surface area (Å²) < 4.78 is 44.7. The highest BCUT2D eigenvalue weighted by atomic mass is 16.7. The van der Waals surface area contributed by atoms with Crippen LogP contribution < -0.4 is 0 Å². The van der Waals surface area contributed by atoms with Crippen molar-refractivity contribution in [1.82, 2.24) is 9.80 Å². The smallest absolute Gasteiger partial charge is 0.311 e. The Balaban J connectivity index is 1.78. The van der Waals surface area contributed by atoms with Crippen molar-refractivity contribution in [2.45, 2.75) is 199 Å². The van der Waals surface area contributed by atoms with Crippen molar-refractivity contribution >= 4 is 17.8 Å². The number of aliphatic imine (C=N–C) groups is 1. The SMILES string of the molecule is CC[C@H]1OC(=O)[C@H](C)[C@@H](O[C@H]2C[C@@](C)(OC)[C@@H](O)[C@H](C)O2)[C@H](C)[C@@H](O[C@@H]2O[C@H](C)C[C@H]3[C@H]2OC(=NCCCN(CC)CC)N3C)[C@](C)(O)C[C@@H](C)C(=O)[C@H](C)[C@@H](O)[C@]1(C)O. The van der Waals surface area contributed by atoms with Crippen molar-refractivity contribution in [2.75, 3.05) is 40.3 Å². The molecular weight excluding hydrogens is 778 g/mol. The maximum absolute atomic E-state index is 14.3. The van der Waals surface area contributed by atoms with E-state index in [1.54, 1.807) is 48.5 Å². The number of aliphatic hydroxyl groups excluding tert-OH is 2. The third kappa shape index (κ3) is 11.0. The second-order valence-corrected chi connectivity index (χ2v) is 18.8. The first-order chi connectivity index (χ1) is 28.0. The first-order valence-corrected chi connectivity index (χ1v) is 22.4. The number of hydrogen-bond donors (Lipinski definition) is 4. The Morgan fingerprint density at radius 3 is 2.15 bits per heavy atom. The Morgan fingerprint density at radius 2 is 1.55 bits per heavy atom. The van der Waals surface area contributed by atoms with Crippen LogP contribution >= 0.6 is 0 Å². The van der Waals surface area contributed by atoms with Gasteiger partial charge in [-0.1, -0.05) is 41.5 Å². The normalized spacial score (nSPS) is 45.6. The van der Waals surface area contributed by atoms with Crippen molar-refractivity contribution in [3.63, 3.8) is 0 Å². The number of rotatable bonds is 12. The van der Waals surface area contributed by atoms with Crippen LogP contribution in [0.3, 0.4) is 0 Å². The number of amidine groups is 1. The fourth-order valence-corrected chi connectivity index (χ4v) is 9.90. The van der Waals surface area contributed by atoms with Crippen molar-refractivity contribution in [3.05, 3.63) is 0 Å². The van der Waals surface area contributed by atoms with Gasteiger partial charge < -0.3 is 63.4 Å². The van der Waals surface area contributed by atoms with Gasteiger partial charge >= 0.3 is 5.97 Å². The lowest BCUT2D eigenvalue weighted by Crippen LogP contribution is -2.60. The summed E-state index contributed by atoms with van der Waals surface area (Å²) in [6, 6.07) is 0.330. The molecule has 4 aliphatic heterocycles. The average molecular weight is 858 g/mol. The van der Waals surface area contributed by atoms with Gasteiger partial charge in [-0.15, -0.1) is 0 Å². The van der Waals surface area contributed by atoms with Gasteiger partial charge in [-0.05, 0) is 86.9 Å². The van der Waals surface area contributed by atoms with Crippen molar-refractivity contribution in [2.24, 2.45) is 28.7 Å². The van der Waals surface area contributed by atoms with E-state index >= 15 is 0 Å². The lowest BCUT2D eigenvalue weighted by Gasteiger charge is -2.48. The van der Waals surface area contributed by atoms with E-state index in [9.17, 15) is 30.0 Å². The van der Waals surface area contributed by atoms with Crippen LogP contribution in [0.5, 0.6) is 0 Å². The zero-order chi connectivity index (χ0) is 45.1. The van der Waals surface area contributed by atoms with Gasteiger partial charge in [-0.2, -0.15) is 0 Å². The topological polar surface area (TPSA) is 199 Å². The van der Waals surface area contributed by atoms with Crippen LogP contribution in [0.25, 0.3) is 0 Å². The molecule has 4 rings (SSSR count). The number of ketones is 1. The predicted octanol–water partition coefficient (Wildman–Crippen LogP) is 3.28. The molecule has 0 radical (unpaired) electrons. The summed E-state index contributed by atoms with van der Waals surface area (Å²) in [6.45, 7) is 24.4. The fourth-order valence-electron chi connectivity index (χ4n) is 9.90. The molecule has 18 atom stereocenters. The summed E-state index contributed by atoms with van der Waals surface area (Å²) in [5.74, 6) is -4.87. The van der Waals surface area contributed by atoms with Gasteiger partial charge in [0.1, 0.15) is 23.6 Å². The van der Waals surface area contributed by atoms with Crippen LogP contribution in [0.1, 0.15) is 115 Å². The number of likely N-dealkylation sites (N-methyl/N-ethyl adjacent to an activating group) is 1. The Morgan fingerprint density at radius 1 is 0.900 bits per heavy atom. The van der Waals surface area contributed by atoms with Crippen molar-refractivity contribution in [1.29, 1.82) is 0 Å². The average Bonchev–Trinajstić information content (AvgIpc) is 3.51. The molecule has 4 fully saturated rings. The van der Waals surface area contributed by atoms with Crippen LogP contribution in [0.4, 0.5) is 0 Å². The van der Waals surface area contributed by atoms with E-state index in [0.29, 0.717) is 19.0 Å². The number of carbonyl (C=O) groups excluding carboxylic acids is 2. The molecule has 4 aliphatic rings. The molecule has 0 amide bonds. The molecule has 0 aromatic heterocycles. The van der Waals surface area contributed by atoms with E-state index in [2.05, 4.69) is 18.7 Å². The van der Waals surface area contributed by atoms with E-state index in [4.69, 9.17) is 38.2 Å². The van der Waals surface area contributed by atoms with Crippen molar-refractivity contribution < 1.29 is 63.2 Å². The number of Topliss-reactive ketones (excluding diaryl/α,β-unsaturated/α-hetero) is 1. The molecule has 60 heavy (non-hydrogen) atoms. The fraction of sp³-hybridized carbons (Fsp3) is 0.932. The number of carbonyl (C=O) groups is 2. The molecule has 0 aromatic carbocycles. The second kappa shape index (κ2) is 20.7. The molecule has 0 spiro atoms. The van der Waals surface area contributed by atoms with Crippen LogP contribution in [-0.2, 0) is 42.7 Å². The summed E-state index contributed by atoms with van der Waals surface area (Å²) in [4.78, 5) is 37.5. The molecular formula is C44H79N3O13. The zero-order valence-electron chi connectivity index (χ0n) is 38.8. The molecule has 4 saturated heterocycles. The number of nitrogens with zero attached hydrogens (tertiary/aromatic N) is 3. The number of cyclic esters (lactones) is 1. The molecule has 0 unspecified atom stereocenters. The van der Waals surface area contributed by atoms with E-state index < -0.39 is 102 Å². The van der Waals surface area contributed by atoms with Crippen molar-refractivity contribution in [3.8, 4) is 0 Å². The van der Waals surface area contributed by atoms with E-state index in [1.807, 2.05) is 18.9 Å². The maximum Gasteiger partial charge on any atom is 0.311 e. The molecule has 0 aromatic rings. The molecule has 0 aliphatic carbocycles. The highest BCUT2D eigenvalue weighted by molar-refractivity contribution is 5.83. The third-order valence-electron chi connectivity index (χ3n) is 13.9. The van der Waals surface area contributed by atoms with E-state index in [1.165, 1.54) is 21.0 Å². The molecule has 348 valence electrons. The van der Waals surface area contributed by atoms with Gasteiger partial charge in [0, 0.05) is 44.9 Å². The first kappa shape index (κ1) is 50.7. The molecule has 16 heteroatoms. The van der Waals surface area contributed by atoms with Crippen LogP contribution in [0, 0.1) is 23.7 Å². The van der Waals surface area contributed by atoms with Crippen LogP contribution in [-0.4, -0.2) is 173 Å². The quantitative estimate of drug-likeness (QED) is 0.165. The highest BCUT2D eigenvalue weighted by Crippen LogP contribution is 2.42. The summed E-state index contributed by atoms with van der Waals surface area (Å²) in [5.41, 5.74) is -4.82. The van der Waals surface area contributed by atoms with Gasteiger partial charge in [0.05, 0.1) is 53.7 Å². The number of fused-ring (bicyclic) bond motifs is 1. The summed E-state index contributed by atoms with van der Waals surface area (Å²) in [5, 5.41) is 46.9. The number of ether oxygens (including phenoxy) is 7. The number of hydrogen-bond acceptors (Lipinski definition) is 15. The summed E-state index contributed by atoms with van der Waals surface area (Å²) in [6.07, 6.45) is -7.90. The Hall–Kier alpha value is -1.99. The van der Waals surface area contributed by atoms with Crippen LogP contribution in [0.2, 0.25) is 0 Å². The molecule has 0 bridgehead atoms. The zero-order valence-corrected chi connectivity index (χ0v) is 38.8. The molecule has 0 saturated carbocycles. The van der Waals surface area contributed by atoms with Gasteiger partial charge in [0.15, 0.2) is 18.7 Å². The lowest BCUT2D eigenvalue weighted by atomic mass is 9.74. The summed E-state index contributed by atoms with van der Waals surface area (Å²) in [7, 11) is 3.45. The Labute approximate surface area is 358 Å². The maximum atomic E-state index is 14.3. The molecule has 4 heterocycles. The van der Waals surface area contributed by atoms with Crippen LogP contribution in [0.15, 0.2) is 4.99 Å². The van der Waals surface area contributed by atoms with Gasteiger partial charge in [0.2, 0.25) is 0 Å². The Bertz CT molecular complexity index is 1450. The van der Waals surface area contributed by atoms with Gasteiger partial charge in [-0.3, -0.25) is 9.59 Å². The minimum atomic E-state index is -2.00. The lowest BCUT2D eigenvalue weighted by molar-refractivity contribution is -0.313. The van der Waals surface area contributed by atoms with Gasteiger partial charge in [0.25, 0.3) is 6.02 Å². The molecule has 16 nitrogen and oxygen atoms in total. The van der Waals surface area contributed by atoms with E-state index in [0.717, 1.165) is 26.1 Å².